The number of H-pyrrole nitrogens is 1. The van der Waals surface area contributed by atoms with Crippen LogP contribution in [0.4, 0.5) is 13.2 Å². The molecule has 1 fully saturated rings. The highest BCUT2D eigenvalue weighted by atomic mass is 19.4. The quantitative estimate of drug-likeness (QED) is 0.0171. The predicted octanol–water partition coefficient (Wildman–Crippen LogP) is -3.99. The molecule has 0 radical (unpaired) electrons. The number of likely N-dealkylation sites (tertiary alicyclic amines) is 1. The van der Waals surface area contributed by atoms with Gasteiger partial charge in [-0.15, -0.1) is 0 Å². The number of aliphatic hydroxyl groups excluding tert-OH is 1. The molecule has 3 rings (SSSR count). The molecule has 25 N–H and O–H groups in total. The lowest BCUT2D eigenvalue weighted by atomic mass is 9.99. The van der Waals surface area contributed by atoms with Crippen LogP contribution in [0.2, 0.25) is 0 Å². The Morgan fingerprint density at radius 3 is 1.55 bits per heavy atom. The number of alkyl halides is 3. The number of nitrogens with two attached hydrogens (primary N) is 5. The van der Waals surface area contributed by atoms with Gasteiger partial charge >= 0.3 is 24.1 Å². The molecular formula is C67H106F3N19O19. The van der Waals surface area contributed by atoms with Crippen LogP contribution in [0.5, 0.6) is 0 Å². The Hall–Kier alpha value is -10.6. The average Bonchev–Trinajstić information content (AvgIpc) is 1.59. The van der Waals surface area contributed by atoms with Crippen LogP contribution in [0.15, 0.2) is 47.8 Å². The zero-order valence-electron chi connectivity index (χ0n) is 61.6. The maximum Gasteiger partial charge on any atom is 0.490 e. The van der Waals surface area contributed by atoms with E-state index in [1.165, 1.54) is 12.5 Å². The number of aliphatic hydroxyl groups is 1. The van der Waals surface area contributed by atoms with Crippen molar-refractivity contribution < 1.29 is 106 Å². The summed E-state index contributed by atoms with van der Waals surface area (Å²) in [7, 11) is 0. The van der Waals surface area contributed by atoms with Gasteiger partial charge in [0.2, 0.25) is 70.9 Å². The van der Waals surface area contributed by atoms with Crippen LogP contribution in [0.1, 0.15) is 137 Å². The molecular weight excluding hydrogens is 1430 g/mol. The molecule has 38 nitrogen and oxygen atoms in total. The first-order valence-corrected chi connectivity index (χ1v) is 35.0. The minimum Gasteiger partial charge on any atom is -0.481 e. The molecule has 108 heavy (non-hydrogen) atoms. The van der Waals surface area contributed by atoms with E-state index in [2.05, 4.69) is 68.1 Å². The monoisotopic (exact) mass is 1540 g/mol. The average molecular weight is 1540 g/mol. The van der Waals surface area contributed by atoms with E-state index in [1.807, 2.05) is 0 Å². The lowest BCUT2D eigenvalue weighted by molar-refractivity contribution is -0.192. The number of carbonyl (C=O) groups is 15. The maximum atomic E-state index is 14.7. The number of amides is 12. The lowest BCUT2D eigenvalue weighted by Crippen LogP contribution is -2.62. The van der Waals surface area contributed by atoms with Crippen LogP contribution < -0.4 is 81.8 Å². The molecule has 12 atom stereocenters. The van der Waals surface area contributed by atoms with Gasteiger partial charge < -0.3 is 112 Å². The summed E-state index contributed by atoms with van der Waals surface area (Å²) < 4.78 is 31.7. The van der Waals surface area contributed by atoms with E-state index >= 15 is 0 Å². The van der Waals surface area contributed by atoms with Gasteiger partial charge in [-0.3, -0.25) is 67.3 Å². The normalized spacial score (nSPS) is 15.8. The summed E-state index contributed by atoms with van der Waals surface area (Å²) in [5.41, 5.74) is 29.1. The summed E-state index contributed by atoms with van der Waals surface area (Å²) in [5.74, 6) is -19.0. The van der Waals surface area contributed by atoms with Crippen molar-refractivity contribution in [1.82, 2.24) is 68.0 Å². The van der Waals surface area contributed by atoms with Gasteiger partial charge in [0.05, 0.1) is 31.8 Å². The van der Waals surface area contributed by atoms with Gasteiger partial charge in [-0.1, -0.05) is 85.7 Å². The molecule has 1 aliphatic rings. The fourth-order valence-corrected chi connectivity index (χ4v) is 10.9. The summed E-state index contributed by atoms with van der Waals surface area (Å²) in [5, 5.41) is 62.4. The van der Waals surface area contributed by atoms with Gasteiger partial charge in [0, 0.05) is 37.8 Å². The van der Waals surface area contributed by atoms with Crippen molar-refractivity contribution in [2.75, 3.05) is 26.2 Å². The number of nitrogens with zero attached hydrogens (tertiary/aromatic N) is 3. The minimum atomic E-state index is -5.08. The Bertz CT molecular complexity index is 3380. The first kappa shape index (κ1) is 93.5. The third kappa shape index (κ3) is 33.9. The third-order valence-electron chi connectivity index (χ3n) is 16.5. The molecule has 2 aromatic rings. The number of unbranched alkanes of at least 4 members (excludes halogenated alkanes) is 1. The molecule has 12 amide bonds. The zero-order valence-corrected chi connectivity index (χ0v) is 61.6. The third-order valence-corrected chi connectivity index (χ3v) is 16.5. The number of primary amides is 1. The summed E-state index contributed by atoms with van der Waals surface area (Å²) in [6.45, 7) is 12.6. The SMILES string of the molecule is CC(C)C[C@H](NC(=O)[C@H](CC(C)C)NC(=O)[C@H](CCCCN)NC(=O)[C@H](Cc1ccccc1)NC(=O)[C@H](CC(N)=O)NC(=O)[C@@H](NC(=O)[C@@H]1CCCN1C(=O)[C@H](CC(=O)O)NC(=O)[C@@H](NC(=O)[C@@H](N)CCCN=C(N)N)C(C)C)C(C)C)C(=O)N[C@@H](CO)C(=O)N[C@@H](Cc1cnc[nH]1)C(=O)O.O=C(O)C(F)(F)F. The highest BCUT2D eigenvalue weighted by Gasteiger charge is 2.43. The van der Waals surface area contributed by atoms with Crippen molar-refractivity contribution in [2.24, 2.45) is 57.3 Å². The van der Waals surface area contributed by atoms with Gasteiger partial charge in [-0.25, -0.2) is 14.6 Å². The number of halogens is 3. The first-order chi connectivity index (χ1) is 50.5. The Labute approximate surface area is 621 Å². The highest BCUT2D eigenvalue weighted by Crippen LogP contribution is 2.22. The second-order valence-electron chi connectivity index (χ2n) is 27.3. The summed E-state index contributed by atoms with van der Waals surface area (Å²) in [4.78, 5) is 212. The van der Waals surface area contributed by atoms with Gasteiger partial charge in [0.1, 0.15) is 66.5 Å². The number of carboxylic acids is 3. The Morgan fingerprint density at radius 2 is 1.06 bits per heavy atom. The predicted molar refractivity (Wildman–Crippen MR) is 380 cm³/mol. The molecule has 2 heterocycles. The number of benzene rings is 1. The minimum absolute atomic E-state index is 0.00591. The van der Waals surface area contributed by atoms with Crippen LogP contribution >= 0.6 is 0 Å². The van der Waals surface area contributed by atoms with Crippen LogP contribution in [-0.4, -0.2) is 235 Å². The van der Waals surface area contributed by atoms with E-state index in [0.717, 1.165) is 4.90 Å². The molecule has 604 valence electrons. The number of nitrogens with one attached hydrogen (secondary N) is 11. The van der Waals surface area contributed by atoms with Crippen LogP contribution in [0.3, 0.4) is 0 Å². The van der Waals surface area contributed by atoms with E-state index < -0.39 is 199 Å². The van der Waals surface area contributed by atoms with Crippen molar-refractivity contribution in [2.45, 2.75) is 218 Å². The molecule has 1 saturated heterocycles. The number of aliphatic imine (C=N–C) groups is 1. The first-order valence-electron chi connectivity index (χ1n) is 35.0. The second-order valence-corrected chi connectivity index (χ2v) is 27.3. The number of imidazole rings is 1. The molecule has 1 aliphatic heterocycles. The van der Waals surface area contributed by atoms with Gasteiger partial charge in [0.15, 0.2) is 5.96 Å². The molecule has 0 unspecified atom stereocenters. The molecule has 0 saturated carbocycles. The number of aliphatic carboxylic acids is 3. The van der Waals surface area contributed by atoms with Gasteiger partial charge in [-0.05, 0) is 93.6 Å². The molecule has 0 spiro atoms. The van der Waals surface area contributed by atoms with E-state index in [4.69, 9.17) is 38.6 Å². The number of guanidine groups is 1. The molecule has 0 bridgehead atoms. The van der Waals surface area contributed by atoms with E-state index in [-0.39, 0.29) is 95.2 Å². The summed E-state index contributed by atoms with van der Waals surface area (Å²) in [6, 6.07) is -9.31. The number of carbonyl (C=O) groups excluding carboxylic acids is 12. The number of aromatic amines is 1. The van der Waals surface area contributed by atoms with E-state index in [1.54, 1.807) is 85.7 Å². The largest absolute Gasteiger partial charge is 0.490 e. The van der Waals surface area contributed by atoms with E-state index in [0.29, 0.717) is 24.1 Å². The molecule has 1 aromatic carbocycles. The number of hydrogen-bond donors (Lipinski definition) is 20. The molecule has 0 aliphatic carbocycles. The maximum absolute atomic E-state index is 14.7. The summed E-state index contributed by atoms with van der Waals surface area (Å²) >= 11 is 0. The zero-order chi connectivity index (χ0) is 81.9. The van der Waals surface area contributed by atoms with Crippen molar-refractivity contribution in [3.05, 3.63) is 54.1 Å². The lowest BCUT2D eigenvalue weighted by Gasteiger charge is -2.31. The molecule has 1 aromatic heterocycles. The van der Waals surface area contributed by atoms with Crippen LogP contribution in [0.25, 0.3) is 0 Å². The number of aromatic nitrogens is 2. The van der Waals surface area contributed by atoms with Crippen molar-refractivity contribution in [3.63, 3.8) is 0 Å². The number of carboxylic acid groups (broad SMARTS) is 3. The highest BCUT2D eigenvalue weighted by molar-refractivity contribution is 6.01. The van der Waals surface area contributed by atoms with Crippen LogP contribution in [-0.2, 0) is 84.8 Å². The Morgan fingerprint density at radius 1 is 0.583 bits per heavy atom. The number of hydrogen-bond acceptors (Lipinski definition) is 20. The smallest absolute Gasteiger partial charge is 0.481 e. The fraction of sp³-hybridized carbons (Fsp3) is 0.627. The second kappa shape index (κ2) is 46.5. The van der Waals surface area contributed by atoms with Crippen molar-refractivity contribution >= 4 is 94.8 Å². The van der Waals surface area contributed by atoms with Gasteiger partial charge in [-0.2, -0.15) is 13.2 Å². The number of rotatable bonds is 45. The van der Waals surface area contributed by atoms with Crippen molar-refractivity contribution in [3.8, 4) is 0 Å². The van der Waals surface area contributed by atoms with Gasteiger partial charge in [0.25, 0.3) is 0 Å². The molecule has 41 heteroatoms. The van der Waals surface area contributed by atoms with Crippen LogP contribution in [0, 0.1) is 23.7 Å². The Kier molecular flexibility index (Phi) is 40.2. The Balaban J connectivity index is 0.00000537. The fourth-order valence-electron chi connectivity index (χ4n) is 10.9. The standard InChI is InChI=1S/C65H105N19O17.C2HF3O2/c1-33(2)24-41(55(91)76-42(25-34(3)4)56(92)81-47(31-85)59(95)80-46(64(100)101)27-38-30-71-32-73-38)75-54(90)40(19-12-13-21-66)74-57(93)43(26-37-16-10-9-11-17-37)77-58(94)44(28-49(68)86)78-61(97)52(36(7)8)83-60(96)48-20-15-23-84(48)63(99)45(29-50(87)88)79-62(98)51(35(5)6)82-53(89)39(67)18-14-22-72-65(69)70;3-2(4,5)1(6)7/h9-11,16-17,30,32-36,39-48,51-52,85H,12-15,18-29,31,66-67H2,1-8H3,(H2,68,86)(H,71,73)(H,74,93)(H,75,90)(H,76,91)(H,77,94)(H,78,97)(H,79,98)(H,80,95)(H,81,92)(H,82,89)(H,83,96)(H,87,88)(H,100,101)(H4,69,70,72);(H,6,7)/t39-,40-,41-,42-,43-,44-,45-,46-,47-,48-,51-,52-;/m0./s1. The summed E-state index contributed by atoms with van der Waals surface area (Å²) in [6.07, 6.45) is -3.34. The van der Waals surface area contributed by atoms with Crippen molar-refractivity contribution in [1.29, 1.82) is 0 Å². The topological polar surface area (TPSA) is 632 Å². The van der Waals surface area contributed by atoms with E-state index in [9.17, 15) is 95.6 Å².